The first-order valence-electron chi connectivity index (χ1n) is 11.9. The molecule has 6 nitrogen and oxygen atoms in total. The van der Waals surface area contributed by atoms with Crippen LogP contribution in [-0.2, 0) is 4.74 Å². The second-order valence-corrected chi connectivity index (χ2v) is 9.06. The maximum Gasteiger partial charge on any atom is 0.339 e. The zero-order valence-electron chi connectivity index (χ0n) is 19.7. The minimum atomic E-state index is -0.960. The van der Waals surface area contributed by atoms with Gasteiger partial charge >= 0.3 is 5.97 Å². The van der Waals surface area contributed by atoms with Gasteiger partial charge in [0.15, 0.2) is 0 Å². The van der Waals surface area contributed by atoms with Crippen LogP contribution in [0.25, 0.3) is 10.9 Å². The number of hydrogen-bond donors (Lipinski definition) is 1. The average Bonchev–Trinajstić information content (AvgIpc) is 3.19. The molecule has 176 valence electrons. The van der Waals surface area contributed by atoms with Crippen molar-refractivity contribution in [1.29, 1.82) is 0 Å². The van der Waals surface area contributed by atoms with E-state index in [1.165, 1.54) is 16.5 Å². The normalized spacial score (nSPS) is 16.4. The molecule has 33 heavy (non-hydrogen) atoms. The third kappa shape index (κ3) is 5.40. The SMILES string of the molecule is CC(C)OC(C)n1cc(C2CCN(CCOc3ccccc3C(=O)O)CC2)c2ccccc21. The summed E-state index contributed by atoms with van der Waals surface area (Å²) >= 11 is 0. The maximum absolute atomic E-state index is 11.3. The molecule has 0 saturated carbocycles. The van der Waals surface area contributed by atoms with Crippen LogP contribution >= 0.6 is 0 Å². The van der Waals surface area contributed by atoms with Gasteiger partial charge in [0.1, 0.15) is 24.1 Å². The zero-order chi connectivity index (χ0) is 23.4. The van der Waals surface area contributed by atoms with Crippen molar-refractivity contribution in [3.05, 3.63) is 65.9 Å². The number of benzene rings is 2. The number of fused-ring (bicyclic) bond motifs is 1. The third-order valence-corrected chi connectivity index (χ3v) is 6.44. The lowest BCUT2D eigenvalue weighted by Crippen LogP contribution is -2.35. The fourth-order valence-corrected chi connectivity index (χ4v) is 4.84. The van der Waals surface area contributed by atoms with Crippen LogP contribution in [0.5, 0.6) is 5.75 Å². The van der Waals surface area contributed by atoms with E-state index in [0.29, 0.717) is 18.3 Å². The van der Waals surface area contributed by atoms with Crippen molar-refractivity contribution >= 4 is 16.9 Å². The maximum atomic E-state index is 11.3. The summed E-state index contributed by atoms with van der Waals surface area (Å²) in [6, 6.07) is 15.4. The molecule has 2 aromatic carbocycles. The number of carboxylic acids is 1. The van der Waals surface area contributed by atoms with E-state index in [9.17, 15) is 9.90 Å². The van der Waals surface area contributed by atoms with E-state index in [0.717, 1.165) is 32.5 Å². The molecule has 1 fully saturated rings. The van der Waals surface area contributed by atoms with Gasteiger partial charge < -0.3 is 19.1 Å². The summed E-state index contributed by atoms with van der Waals surface area (Å²) < 4.78 is 14.1. The zero-order valence-corrected chi connectivity index (χ0v) is 19.7. The van der Waals surface area contributed by atoms with E-state index < -0.39 is 5.97 Å². The first-order valence-corrected chi connectivity index (χ1v) is 11.9. The van der Waals surface area contributed by atoms with Crippen LogP contribution in [0, 0.1) is 0 Å². The molecular weight excluding hydrogens is 416 g/mol. The molecular formula is C27H34N2O4. The lowest BCUT2D eigenvalue weighted by atomic mass is 9.89. The Hall–Kier alpha value is -2.83. The fourth-order valence-electron chi connectivity index (χ4n) is 4.84. The second-order valence-electron chi connectivity index (χ2n) is 9.06. The van der Waals surface area contributed by atoms with E-state index in [2.05, 4.69) is 60.7 Å². The Labute approximate surface area is 195 Å². The number of aromatic carboxylic acids is 1. The largest absolute Gasteiger partial charge is 0.491 e. The Morgan fingerprint density at radius 1 is 1.06 bits per heavy atom. The Morgan fingerprint density at radius 2 is 1.76 bits per heavy atom. The monoisotopic (exact) mass is 450 g/mol. The van der Waals surface area contributed by atoms with Gasteiger partial charge in [0.25, 0.3) is 0 Å². The summed E-state index contributed by atoms with van der Waals surface area (Å²) in [5.41, 5.74) is 2.85. The smallest absolute Gasteiger partial charge is 0.339 e. The topological polar surface area (TPSA) is 63.9 Å². The summed E-state index contributed by atoms with van der Waals surface area (Å²) in [4.78, 5) is 13.8. The van der Waals surface area contributed by atoms with Crippen molar-refractivity contribution in [1.82, 2.24) is 9.47 Å². The summed E-state index contributed by atoms with van der Waals surface area (Å²) in [7, 11) is 0. The van der Waals surface area contributed by atoms with Crippen LogP contribution in [0.2, 0.25) is 0 Å². The molecule has 1 atom stereocenters. The van der Waals surface area contributed by atoms with Gasteiger partial charge in [-0.1, -0.05) is 30.3 Å². The van der Waals surface area contributed by atoms with Gasteiger partial charge in [-0.25, -0.2) is 4.79 Å². The summed E-state index contributed by atoms with van der Waals surface area (Å²) in [6.45, 7) is 9.55. The van der Waals surface area contributed by atoms with Gasteiger partial charge in [0.05, 0.1) is 11.6 Å². The number of hydrogen-bond acceptors (Lipinski definition) is 4. The highest BCUT2D eigenvalue weighted by Crippen LogP contribution is 2.36. The van der Waals surface area contributed by atoms with Gasteiger partial charge in [0, 0.05) is 18.1 Å². The minimum Gasteiger partial charge on any atom is -0.491 e. The Balaban J connectivity index is 1.37. The first kappa shape index (κ1) is 23.3. The van der Waals surface area contributed by atoms with E-state index in [4.69, 9.17) is 9.47 Å². The predicted molar refractivity (Wildman–Crippen MR) is 130 cm³/mol. The van der Waals surface area contributed by atoms with Gasteiger partial charge in [-0.15, -0.1) is 0 Å². The number of piperidine rings is 1. The number of rotatable bonds is 9. The molecule has 2 heterocycles. The molecule has 0 spiro atoms. The summed E-state index contributed by atoms with van der Waals surface area (Å²) in [5, 5.41) is 10.6. The second kappa shape index (κ2) is 10.4. The number of likely N-dealkylation sites (tertiary alicyclic amines) is 1. The number of para-hydroxylation sites is 2. The Morgan fingerprint density at radius 3 is 2.48 bits per heavy atom. The molecule has 3 aromatic rings. The van der Waals surface area contributed by atoms with Crippen molar-refractivity contribution in [3.63, 3.8) is 0 Å². The molecule has 0 aliphatic carbocycles. The van der Waals surface area contributed by atoms with Crippen LogP contribution in [0.4, 0.5) is 0 Å². The molecule has 0 amide bonds. The van der Waals surface area contributed by atoms with Crippen molar-refractivity contribution < 1.29 is 19.4 Å². The highest BCUT2D eigenvalue weighted by atomic mass is 16.5. The highest BCUT2D eigenvalue weighted by molar-refractivity contribution is 5.90. The van der Waals surface area contributed by atoms with Crippen LogP contribution in [0.1, 0.15) is 61.7 Å². The molecule has 1 aliphatic rings. The van der Waals surface area contributed by atoms with E-state index in [-0.39, 0.29) is 17.9 Å². The molecule has 1 N–H and O–H groups in total. The average molecular weight is 451 g/mol. The van der Waals surface area contributed by atoms with Gasteiger partial charge in [0.2, 0.25) is 0 Å². The number of aromatic nitrogens is 1. The highest BCUT2D eigenvalue weighted by Gasteiger charge is 2.25. The van der Waals surface area contributed by atoms with Gasteiger partial charge in [-0.3, -0.25) is 4.90 Å². The number of carbonyl (C=O) groups is 1. The number of carboxylic acid groups (broad SMARTS) is 1. The lowest BCUT2D eigenvalue weighted by Gasteiger charge is -2.31. The van der Waals surface area contributed by atoms with Gasteiger partial charge in [-0.2, -0.15) is 0 Å². The standard InChI is InChI=1S/C27H34N2O4/c1-19(2)33-20(3)29-18-24(22-8-4-6-10-25(22)29)21-12-14-28(15-13-21)16-17-32-26-11-7-5-9-23(26)27(30)31/h4-11,18-21H,12-17H2,1-3H3,(H,30,31). The molecule has 1 saturated heterocycles. The number of ether oxygens (including phenoxy) is 2. The van der Waals surface area contributed by atoms with E-state index >= 15 is 0 Å². The molecule has 0 radical (unpaired) electrons. The van der Waals surface area contributed by atoms with E-state index in [1.807, 2.05) is 0 Å². The first-order chi connectivity index (χ1) is 15.9. The summed E-state index contributed by atoms with van der Waals surface area (Å²) in [6.07, 6.45) is 4.66. The van der Waals surface area contributed by atoms with Crippen molar-refractivity contribution in [2.75, 3.05) is 26.2 Å². The van der Waals surface area contributed by atoms with Crippen molar-refractivity contribution in [2.45, 2.75) is 51.9 Å². The van der Waals surface area contributed by atoms with Crippen LogP contribution in [0.3, 0.4) is 0 Å². The van der Waals surface area contributed by atoms with Crippen molar-refractivity contribution in [2.24, 2.45) is 0 Å². The quantitative estimate of drug-likeness (QED) is 0.464. The van der Waals surface area contributed by atoms with Crippen LogP contribution < -0.4 is 4.74 Å². The Kier molecular flexibility index (Phi) is 7.36. The molecule has 1 aromatic heterocycles. The molecule has 6 heteroatoms. The van der Waals surface area contributed by atoms with E-state index in [1.54, 1.807) is 24.3 Å². The van der Waals surface area contributed by atoms with Gasteiger partial charge in [-0.05, 0) is 76.4 Å². The minimum absolute atomic E-state index is 0.00503. The van der Waals surface area contributed by atoms with Crippen LogP contribution in [0.15, 0.2) is 54.7 Å². The molecule has 1 aliphatic heterocycles. The predicted octanol–water partition coefficient (Wildman–Crippen LogP) is 5.54. The molecule has 4 rings (SSSR count). The van der Waals surface area contributed by atoms with Crippen molar-refractivity contribution in [3.8, 4) is 5.75 Å². The number of nitrogens with zero attached hydrogens (tertiary/aromatic N) is 2. The Bertz CT molecular complexity index is 1080. The third-order valence-electron chi connectivity index (χ3n) is 6.44. The lowest BCUT2D eigenvalue weighted by molar-refractivity contribution is -0.0224. The molecule has 0 bridgehead atoms. The fraction of sp³-hybridized carbons (Fsp3) is 0.444. The van der Waals surface area contributed by atoms with Crippen LogP contribution in [-0.4, -0.2) is 52.9 Å². The molecule has 1 unspecified atom stereocenters. The summed E-state index contributed by atoms with van der Waals surface area (Å²) in [5.74, 6) is -0.00331.